The van der Waals surface area contributed by atoms with Gasteiger partial charge in [-0.1, -0.05) is 12.1 Å². The van der Waals surface area contributed by atoms with Gasteiger partial charge in [-0.15, -0.1) is 0 Å². The Balaban J connectivity index is 1.87. The third kappa shape index (κ3) is 1.31. The Morgan fingerprint density at radius 1 is 1.33 bits per heavy atom. The molecule has 1 fully saturated rings. The van der Waals surface area contributed by atoms with E-state index >= 15 is 0 Å². The third-order valence-corrected chi connectivity index (χ3v) is 4.54. The van der Waals surface area contributed by atoms with Crippen LogP contribution < -0.4 is 5.32 Å². The zero-order valence-electron chi connectivity index (χ0n) is 10.1. The van der Waals surface area contributed by atoms with E-state index in [1.54, 1.807) is 0 Å². The summed E-state index contributed by atoms with van der Waals surface area (Å²) in [5.41, 5.74) is 4.06. The van der Waals surface area contributed by atoms with Crippen molar-refractivity contribution in [3.8, 4) is 0 Å². The van der Waals surface area contributed by atoms with Crippen molar-refractivity contribution in [1.29, 1.82) is 0 Å². The van der Waals surface area contributed by atoms with Crippen molar-refractivity contribution in [3.05, 3.63) is 35.5 Å². The topological polar surface area (TPSA) is 44.9 Å². The van der Waals surface area contributed by atoms with Gasteiger partial charge in [0.15, 0.2) is 0 Å². The Labute approximate surface area is 106 Å². The SMILES string of the molecule is O=CC1CN[C@@H]2Cc3c[nH]c4cccc(c34)C2C1. The number of carbonyl (C=O) groups excluding carboxylic acids is 1. The molecule has 0 radical (unpaired) electrons. The first-order valence-electron chi connectivity index (χ1n) is 6.64. The van der Waals surface area contributed by atoms with E-state index in [2.05, 4.69) is 34.7 Å². The van der Waals surface area contributed by atoms with Gasteiger partial charge in [-0.3, -0.25) is 0 Å². The van der Waals surface area contributed by atoms with Gasteiger partial charge in [0, 0.05) is 41.5 Å². The molecule has 2 unspecified atom stereocenters. The second-order valence-electron chi connectivity index (χ2n) is 5.54. The monoisotopic (exact) mass is 240 g/mol. The lowest BCUT2D eigenvalue weighted by molar-refractivity contribution is -0.111. The maximum absolute atomic E-state index is 11.0. The summed E-state index contributed by atoms with van der Waals surface area (Å²) in [5, 5.41) is 4.95. The zero-order chi connectivity index (χ0) is 12.1. The smallest absolute Gasteiger partial charge is 0.124 e. The Hall–Kier alpha value is -1.61. The Kier molecular flexibility index (Phi) is 2.12. The van der Waals surface area contributed by atoms with Gasteiger partial charge >= 0.3 is 0 Å². The quantitative estimate of drug-likeness (QED) is 0.749. The molecule has 2 heterocycles. The minimum Gasteiger partial charge on any atom is -0.361 e. The zero-order valence-corrected chi connectivity index (χ0v) is 10.1. The number of fused-ring (bicyclic) bond motifs is 2. The van der Waals surface area contributed by atoms with Crippen LogP contribution in [-0.4, -0.2) is 23.9 Å². The highest BCUT2D eigenvalue weighted by Crippen LogP contribution is 2.41. The summed E-state index contributed by atoms with van der Waals surface area (Å²) >= 11 is 0. The number of hydrogen-bond donors (Lipinski definition) is 2. The fourth-order valence-electron chi connectivity index (χ4n) is 3.67. The summed E-state index contributed by atoms with van der Waals surface area (Å²) in [6.45, 7) is 0.834. The molecular formula is C15H16N2O. The maximum atomic E-state index is 11.0. The van der Waals surface area contributed by atoms with Crippen molar-refractivity contribution < 1.29 is 4.79 Å². The normalized spacial score (nSPS) is 30.1. The largest absolute Gasteiger partial charge is 0.361 e. The van der Waals surface area contributed by atoms with Crippen LogP contribution in [0.4, 0.5) is 0 Å². The molecule has 0 bridgehead atoms. The summed E-state index contributed by atoms with van der Waals surface area (Å²) in [7, 11) is 0. The van der Waals surface area contributed by atoms with Crippen LogP contribution in [0.3, 0.4) is 0 Å². The molecule has 1 aromatic carbocycles. The van der Waals surface area contributed by atoms with Crippen LogP contribution in [-0.2, 0) is 11.2 Å². The van der Waals surface area contributed by atoms with Crippen molar-refractivity contribution in [2.75, 3.05) is 6.54 Å². The van der Waals surface area contributed by atoms with Gasteiger partial charge in [0.05, 0.1) is 0 Å². The molecule has 1 aliphatic carbocycles. The van der Waals surface area contributed by atoms with Crippen LogP contribution in [0.15, 0.2) is 24.4 Å². The number of piperidine rings is 1. The lowest BCUT2D eigenvalue weighted by Gasteiger charge is -2.38. The number of nitrogens with one attached hydrogen (secondary N) is 2. The van der Waals surface area contributed by atoms with Gasteiger partial charge < -0.3 is 15.1 Å². The molecule has 4 rings (SSSR count). The van der Waals surface area contributed by atoms with Crippen LogP contribution >= 0.6 is 0 Å². The first-order valence-corrected chi connectivity index (χ1v) is 6.64. The van der Waals surface area contributed by atoms with Crippen molar-refractivity contribution in [1.82, 2.24) is 10.3 Å². The minimum atomic E-state index is 0.169. The molecule has 3 heteroatoms. The molecule has 0 amide bonds. The maximum Gasteiger partial charge on any atom is 0.124 e. The molecule has 18 heavy (non-hydrogen) atoms. The lowest BCUT2D eigenvalue weighted by Crippen LogP contribution is -2.47. The standard InChI is InChI=1S/C15H16N2O/c18-8-9-4-12-11-2-1-3-13-15(11)10(7-17-13)5-14(12)16-6-9/h1-3,7-9,12,14,16-17H,4-6H2/t9?,12?,14-/m1/s1. The minimum absolute atomic E-state index is 0.169. The third-order valence-electron chi connectivity index (χ3n) is 4.54. The number of aldehydes is 1. The second-order valence-corrected chi connectivity index (χ2v) is 5.54. The predicted molar refractivity (Wildman–Crippen MR) is 70.7 cm³/mol. The molecule has 1 aliphatic heterocycles. The van der Waals surface area contributed by atoms with Crippen molar-refractivity contribution in [2.45, 2.75) is 24.8 Å². The first-order chi connectivity index (χ1) is 8.86. The molecule has 3 nitrogen and oxygen atoms in total. The van der Waals surface area contributed by atoms with Crippen molar-refractivity contribution >= 4 is 17.2 Å². The first kappa shape index (κ1) is 10.3. The van der Waals surface area contributed by atoms with Crippen molar-refractivity contribution in [2.24, 2.45) is 5.92 Å². The number of carbonyl (C=O) groups is 1. The van der Waals surface area contributed by atoms with E-state index in [0.29, 0.717) is 12.0 Å². The highest BCUT2D eigenvalue weighted by atomic mass is 16.1. The average Bonchev–Trinajstić information content (AvgIpc) is 2.83. The molecule has 1 saturated heterocycles. The Morgan fingerprint density at radius 3 is 3.17 bits per heavy atom. The van der Waals surface area contributed by atoms with Crippen LogP contribution in [0.25, 0.3) is 10.9 Å². The fourth-order valence-corrected chi connectivity index (χ4v) is 3.67. The number of H-pyrrole nitrogens is 1. The highest BCUT2D eigenvalue weighted by Gasteiger charge is 2.35. The molecular weight excluding hydrogens is 224 g/mol. The average molecular weight is 240 g/mol. The van der Waals surface area contributed by atoms with Gasteiger partial charge in [-0.05, 0) is 30.0 Å². The summed E-state index contributed by atoms with van der Waals surface area (Å²) < 4.78 is 0. The highest BCUT2D eigenvalue weighted by molar-refractivity contribution is 5.88. The Bertz CT molecular complexity index is 616. The number of rotatable bonds is 1. The number of aromatic amines is 1. The van der Waals surface area contributed by atoms with Gasteiger partial charge in [0.1, 0.15) is 6.29 Å². The lowest BCUT2D eigenvalue weighted by atomic mass is 9.73. The molecule has 1 aromatic heterocycles. The van der Waals surface area contributed by atoms with Gasteiger partial charge in [0.25, 0.3) is 0 Å². The van der Waals surface area contributed by atoms with Crippen LogP contribution in [0.5, 0.6) is 0 Å². The van der Waals surface area contributed by atoms with Gasteiger partial charge in [-0.25, -0.2) is 0 Å². The molecule has 2 aliphatic rings. The van der Waals surface area contributed by atoms with Crippen LogP contribution in [0.2, 0.25) is 0 Å². The van der Waals surface area contributed by atoms with E-state index in [1.807, 2.05) is 0 Å². The molecule has 0 saturated carbocycles. The summed E-state index contributed by atoms with van der Waals surface area (Å²) in [6, 6.07) is 6.97. The van der Waals surface area contributed by atoms with Crippen LogP contribution in [0.1, 0.15) is 23.5 Å². The number of benzene rings is 1. The second kappa shape index (κ2) is 3.69. The van der Waals surface area contributed by atoms with E-state index in [0.717, 1.165) is 25.7 Å². The van der Waals surface area contributed by atoms with E-state index in [4.69, 9.17) is 0 Å². The number of hydrogen-bond acceptors (Lipinski definition) is 2. The van der Waals surface area contributed by atoms with Gasteiger partial charge in [-0.2, -0.15) is 0 Å². The molecule has 3 atom stereocenters. The van der Waals surface area contributed by atoms with Gasteiger partial charge in [0.2, 0.25) is 0 Å². The van der Waals surface area contributed by atoms with E-state index < -0.39 is 0 Å². The molecule has 92 valence electrons. The molecule has 2 N–H and O–H groups in total. The summed E-state index contributed by atoms with van der Waals surface area (Å²) in [4.78, 5) is 14.4. The van der Waals surface area contributed by atoms with E-state index in [9.17, 15) is 4.79 Å². The summed E-state index contributed by atoms with van der Waals surface area (Å²) in [5.74, 6) is 0.656. The predicted octanol–water partition coefficient (Wildman–Crippen LogP) is 1.98. The summed E-state index contributed by atoms with van der Waals surface area (Å²) in [6.07, 6.45) is 5.31. The van der Waals surface area contributed by atoms with E-state index in [-0.39, 0.29) is 5.92 Å². The van der Waals surface area contributed by atoms with E-state index in [1.165, 1.54) is 22.0 Å². The number of aromatic nitrogens is 1. The van der Waals surface area contributed by atoms with Crippen LogP contribution in [0, 0.1) is 5.92 Å². The molecule has 0 spiro atoms. The molecule has 2 aromatic rings. The fraction of sp³-hybridized carbons (Fsp3) is 0.400. The van der Waals surface area contributed by atoms with Crippen molar-refractivity contribution in [3.63, 3.8) is 0 Å². The Morgan fingerprint density at radius 2 is 2.28 bits per heavy atom.